The molecule has 0 spiro atoms. The molecule has 0 N–H and O–H groups in total. The van der Waals surface area contributed by atoms with E-state index in [2.05, 4.69) is 26.0 Å². The van der Waals surface area contributed by atoms with Crippen molar-refractivity contribution < 1.29 is 9.53 Å². The van der Waals surface area contributed by atoms with Crippen molar-refractivity contribution in [3.63, 3.8) is 0 Å². The SMILES string of the molecule is COc1cccc(CCC(=O)N(C)c2cccc(C(C)C)c2)c1. The number of methoxy groups -OCH3 is 1. The zero-order valence-corrected chi connectivity index (χ0v) is 14.4. The van der Waals surface area contributed by atoms with E-state index in [1.54, 1.807) is 12.0 Å². The van der Waals surface area contributed by atoms with Crippen molar-refractivity contribution in [3.8, 4) is 5.75 Å². The van der Waals surface area contributed by atoms with Crippen molar-refractivity contribution >= 4 is 11.6 Å². The highest BCUT2D eigenvalue weighted by Gasteiger charge is 2.12. The fourth-order valence-corrected chi connectivity index (χ4v) is 2.48. The summed E-state index contributed by atoms with van der Waals surface area (Å²) in [5.74, 6) is 1.40. The Morgan fingerprint density at radius 1 is 1.13 bits per heavy atom. The molecule has 2 rings (SSSR count). The Bertz CT molecular complexity index is 664. The molecule has 0 aliphatic carbocycles. The van der Waals surface area contributed by atoms with E-state index in [-0.39, 0.29) is 5.91 Å². The highest BCUT2D eigenvalue weighted by molar-refractivity contribution is 5.93. The molecule has 0 radical (unpaired) electrons. The summed E-state index contributed by atoms with van der Waals surface area (Å²) in [7, 11) is 3.49. The lowest BCUT2D eigenvalue weighted by Crippen LogP contribution is -2.26. The summed E-state index contributed by atoms with van der Waals surface area (Å²) >= 11 is 0. The monoisotopic (exact) mass is 311 g/mol. The predicted molar refractivity (Wildman–Crippen MR) is 95.3 cm³/mol. The van der Waals surface area contributed by atoms with Crippen LogP contribution in [0.3, 0.4) is 0 Å². The van der Waals surface area contributed by atoms with Gasteiger partial charge in [0.2, 0.25) is 5.91 Å². The van der Waals surface area contributed by atoms with Gasteiger partial charge in [0.1, 0.15) is 5.75 Å². The minimum absolute atomic E-state index is 0.119. The first-order valence-corrected chi connectivity index (χ1v) is 8.00. The molecule has 2 aromatic carbocycles. The van der Waals surface area contributed by atoms with E-state index in [0.717, 1.165) is 17.0 Å². The molecule has 3 nitrogen and oxygen atoms in total. The van der Waals surface area contributed by atoms with Gasteiger partial charge in [0.15, 0.2) is 0 Å². The first kappa shape index (κ1) is 17.1. The Hall–Kier alpha value is -2.29. The van der Waals surface area contributed by atoms with Gasteiger partial charge in [0, 0.05) is 19.2 Å². The van der Waals surface area contributed by atoms with Gasteiger partial charge in [0.05, 0.1) is 7.11 Å². The lowest BCUT2D eigenvalue weighted by atomic mass is 10.0. The molecule has 0 saturated carbocycles. The van der Waals surface area contributed by atoms with Crippen LogP contribution in [0.4, 0.5) is 5.69 Å². The normalized spacial score (nSPS) is 10.7. The number of carbonyl (C=O) groups excluding carboxylic acids is 1. The van der Waals surface area contributed by atoms with Crippen LogP contribution in [0.5, 0.6) is 5.75 Å². The summed E-state index contributed by atoms with van der Waals surface area (Å²) in [5, 5.41) is 0. The number of ether oxygens (including phenoxy) is 1. The summed E-state index contributed by atoms with van der Waals surface area (Å²) in [6, 6.07) is 16.0. The number of carbonyl (C=O) groups is 1. The highest BCUT2D eigenvalue weighted by Crippen LogP contribution is 2.22. The van der Waals surface area contributed by atoms with Gasteiger partial charge >= 0.3 is 0 Å². The van der Waals surface area contributed by atoms with Gasteiger partial charge in [-0.05, 0) is 47.7 Å². The van der Waals surface area contributed by atoms with Crippen LogP contribution >= 0.6 is 0 Å². The summed E-state index contributed by atoms with van der Waals surface area (Å²) in [4.78, 5) is 14.2. The van der Waals surface area contributed by atoms with Crippen LogP contribution in [0.25, 0.3) is 0 Å². The minimum atomic E-state index is 0.119. The summed E-state index contributed by atoms with van der Waals surface area (Å²) in [6.07, 6.45) is 1.19. The molecule has 0 fully saturated rings. The highest BCUT2D eigenvalue weighted by atomic mass is 16.5. The molecule has 0 aliphatic heterocycles. The second-order valence-corrected chi connectivity index (χ2v) is 6.05. The molecule has 122 valence electrons. The quantitative estimate of drug-likeness (QED) is 0.790. The molecule has 23 heavy (non-hydrogen) atoms. The third-order valence-electron chi connectivity index (χ3n) is 4.06. The fraction of sp³-hybridized carbons (Fsp3) is 0.350. The Morgan fingerprint density at radius 2 is 1.87 bits per heavy atom. The zero-order valence-electron chi connectivity index (χ0n) is 14.4. The Kier molecular flexibility index (Phi) is 5.80. The molecule has 0 bridgehead atoms. The smallest absolute Gasteiger partial charge is 0.227 e. The standard InChI is InChI=1S/C20H25NO2/c1-15(2)17-8-6-9-18(14-17)21(3)20(22)12-11-16-7-5-10-19(13-16)23-4/h5-10,13-15H,11-12H2,1-4H3. The zero-order chi connectivity index (χ0) is 16.8. The van der Waals surface area contributed by atoms with Crippen molar-refractivity contribution in [2.45, 2.75) is 32.6 Å². The predicted octanol–water partition coefficient (Wildman–Crippen LogP) is 4.41. The van der Waals surface area contributed by atoms with E-state index in [9.17, 15) is 4.79 Å². The van der Waals surface area contributed by atoms with Crippen molar-refractivity contribution in [1.29, 1.82) is 0 Å². The fourth-order valence-electron chi connectivity index (χ4n) is 2.48. The molecule has 0 heterocycles. The van der Waals surface area contributed by atoms with E-state index in [1.807, 2.05) is 43.4 Å². The third-order valence-corrected chi connectivity index (χ3v) is 4.06. The van der Waals surface area contributed by atoms with Crippen molar-refractivity contribution in [1.82, 2.24) is 0 Å². The summed E-state index contributed by atoms with van der Waals surface area (Å²) in [5.41, 5.74) is 3.31. The third kappa shape index (κ3) is 4.59. The first-order chi connectivity index (χ1) is 11.0. The molecule has 0 atom stereocenters. The average molecular weight is 311 g/mol. The molecule has 1 amide bonds. The molecule has 0 aliphatic rings. The molecule has 0 saturated heterocycles. The number of nitrogens with zero attached hydrogens (tertiary/aromatic N) is 1. The first-order valence-electron chi connectivity index (χ1n) is 8.00. The average Bonchev–Trinajstić information content (AvgIpc) is 2.59. The second kappa shape index (κ2) is 7.82. The van der Waals surface area contributed by atoms with E-state index < -0.39 is 0 Å². The van der Waals surface area contributed by atoms with E-state index in [1.165, 1.54) is 5.56 Å². The molecule has 0 unspecified atom stereocenters. The molecule has 2 aromatic rings. The van der Waals surface area contributed by atoms with Gasteiger partial charge in [-0.3, -0.25) is 4.79 Å². The lowest BCUT2D eigenvalue weighted by molar-refractivity contribution is -0.118. The number of amides is 1. The number of hydrogen-bond acceptors (Lipinski definition) is 2. The number of benzene rings is 2. The van der Waals surface area contributed by atoms with E-state index in [0.29, 0.717) is 18.8 Å². The second-order valence-electron chi connectivity index (χ2n) is 6.05. The number of rotatable bonds is 6. The summed E-state index contributed by atoms with van der Waals surface area (Å²) < 4.78 is 5.22. The number of hydrogen-bond donors (Lipinski definition) is 0. The van der Waals surface area contributed by atoms with Crippen LogP contribution in [0, 0.1) is 0 Å². The topological polar surface area (TPSA) is 29.5 Å². The van der Waals surface area contributed by atoms with Gasteiger partial charge < -0.3 is 9.64 Å². The maximum atomic E-state index is 12.4. The van der Waals surface area contributed by atoms with Crippen LogP contribution in [-0.4, -0.2) is 20.1 Å². The lowest BCUT2D eigenvalue weighted by Gasteiger charge is -2.19. The van der Waals surface area contributed by atoms with Crippen LogP contribution in [-0.2, 0) is 11.2 Å². The largest absolute Gasteiger partial charge is 0.497 e. The van der Waals surface area contributed by atoms with E-state index in [4.69, 9.17) is 4.74 Å². The number of anilines is 1. The van der Waals surface area contributed by atoms with E-state index >= 15 is 0 Å². The van der Waals surface area contributed by atoms with Gasteiger partial charge in [-0.15, -0.1) is 0 Å². The van der Waals surface area contributed by atoms with Crippen molar-refractivity contribution in [2.75, 3.05) is 19.1 Å². The van der Waals surface area contributed by atoms with Crippen LogP contribution in [0.15, 0.2) is 48.5 Å². The number of aryl methyl sites for hydroxylation is 1. The summed E-state index contributed by atoms with van der Waals surface area (Å²) in [6.45, 7) is 4.31. The Labute approximate surface area is 138 Å². The van der Waals surface area contributed by atoms with Crippen LogP contribution < -0.4 is 9.64 Å². The van der Waals surface area contributed by atoms with Crippen LogP contribution in [0.2, 0.25) is 0 Å². The maximum absolute atomic E-state index is 12.4. The van der Waals surface area contributed by atoms with Crippen LogP contribution in [0.1, 0.15) is 37.3 Å². The van der Waals surface area contributed by atoms with Gasteiger partial charge in [0.25, 0.3) is 0 Å². The van der Waals surface area contributed by atoms with Gasteiger partial charge in [-0.2, -0.15) is 0 Å². The minimum Gasteiger partial charge on any atom is -0.497 e. The molecular weight excluding hydrogens is 286 g/mol. The molecule has 0 aromatic heterocycles. The molecule has 3 heteroatoms. The molecular formula is C20H25NO2. The van der Waals surface area contributed by atoms with Crippen molar-refractivity contribution in [3.05, 3.63) is 59.7 Å². The van der Waals surface area contributed by atoms with Crippen molar-refractivity contribution in [2.24, 2.45) is 0 Å². The Balaban J connectivity index is 2.01. The van der Waals surface area contributed by atoms with Gasteiger partial charge in [-0.25, -0.2) is 0 Å². The van der Waals surface area contributed by atoms with Gasteiger partial charge in [-0.1, -0.05) is 38.1 Å². The maximum Gasteiger partial charge on any atom is 0.227 e. The Morgan fingerprint density at radius 3 is 2.57 bits per heavy atom.